The summed E-state index contributed by atoms with van der Waals surface area (Å²) >= 11 is -1.61. The number of hydrogen-bond donors (Lipinski definition) is 0. The van der Waals surface area contributed by atoms with E-state index in [-0.39, 0.29) is 26.2 Å². The summed E-state index contributed by atoms with van der Waals surface area (Å²) in [4.78, 5) is 0. The first kappa shape index (κ1) is 9.29. The van der Waals surface area contributed by atoms with Gasteiger partial charge in [-0.2, -0.15) is 0 Å². The Bertz CT molecular complexity index is 13.5. The van der Waals surface area contributed by atoms with Crippen molar-refractivity contribution in [3.63, 3.8) is 0 Å². The fourth-order valence-corrected chi connectivity index (χ4v) is 0. The SMILES string of the molecule is [BiH3].[O]=[Bi][Cl]. The van der Waals surface area contributed by atoms with Gasteiger partial charge in [-0.25, -0.2) is 0 Å². The van der Waals surface area contributed by atoms with Gasteiger partial charge in [0.15, 0.2) is 0 Å². The van der Waals surface area contributed by atoms with E-state index < -0.39 is 22.0 Å². The van der Waals surface area contributed by atoms with Crippen LogP contribution in [0.2, 0.25) is 0 Å². The second kappa shape index (κ2) is 8.85. The first-order valence-electron chi connectivity index (χ1n) is 0.352. The van der Waals surface area contributed by atoms with Crippen LogP contribution in [-0.2, 0) is 2.81 Å². The standard InChI is InChI=1S/2Bi.ClH.O.3H/h;;1H;;;;/q;+1;;;;;/p-1. The van der Waals surface area contributed by atoms with E-state index in [9.17, 15) is 0 Å². The van der Waals surface area contributed by atoms with E-state index in [1.807, 2.05) is 0 Å². The quantitative estimate of drug-likeness (QED) is 0.414. The maximum atomic E-state index is 8.88. The van der Waals surface area contributed by atoms with Crippen LogP contribution in [-0.4, -0.2) is 48.2 Å². The zero-order valence-corrected chi connectivity index (χ0v) is 11.7. The molecule has 0 rings (SSSR count). The van der Waals surface area contributed by atoms with Crippen LogP contribution in [0.25, 0.3) is 0 Å². The van der Waals surface area contributed by atoms with Crippen LogP contribution in [0.5, 0.6) is 0 Å². The van der Waals surface area contributed by atoms with Crippen molar-refractivity contribution < 1.29 is 2.81 Å². The molecule has 0 N–H and O–H groups in total. The minimum absolute atomic E-state index is 0. The normalized spacial score (nSPS) is 3.25. The van der Waals surface area contributed by atoms with Crippen molar-refractivity contribution in [3.8, 4) is 0 Å². The summed E-state index contributed by atoms with van der Waals surface area (Å²) in [5.74, 6) is 0. The van der Waals surface area contributed by atoms with Crippen molar-refractivity contribution in [2.45, 2.75) is 0 Å². The summed E-state index contributed by atoms with van der Waals surface area (Å²) in [6, 6.07) is 0. The van der Waals surface area contributed by atoms with Gasteiger partial charge in [-0.3, -0.25) is 0 Å². The van der Waals surface area contributed by atoms with Gasteiger partial charge in [0.2, 0.25) is 0 Å². The number of hydrogen-bond acceptors (Lipinski definition) is 1. The molecular formula is H3Bi2ClO. The van der Waals surface area contributed by atoms with Crippen LogP contribution >= 0.6 is 8.51 Å². The van der Waals surface area contributed by atoms with Gasteiger partial charge < -0.3 is 0 Å². The van der Waals surface area contributed by atoms with Gasteiger partial charge in [0.25, 0.3) is 0 Å². The Morgan fingerprint density at radius 3 is 1.75 bits per heavy atom. The van der Waals surface area contributed by atoms with E-state index in [0.717, 1.165) is 0 Å². The van der Waals surface area contributed by atoms with Gasteiger partial charge in [0.05, 0.1) is 0 Å². The third kappa shape index (κ3) is 9.13. The van der Waals surface area contributed by atoms with Crippen LogP contribution in [0, 0.1) is 0 Å². The fourth-order valence-electron chi connectivity index (χ4n) is 0. The molecule has 0 bridgehead atoms. The van der Waals surface area contributed by atoms with Crippen molar-refractivity contribution in [1.29, 1.82) is 0 Å². The molecule has 0 aliphatic rings. The van der Waals surface area contributed by atoms with E-state index in [1.54, 1.807) is 0 Å². The average molecular weight is 472 g/mol. The Morgan fingerprint density at radius 1 is 1.75 bits per heavy atom. The first-order chi connectivity index (χ1) is 1.41. The zero-order chi connectivity index (χ0) is 2.71. The summed E-state index contributed by atoms with van der Waals surface area (Å²) < 4.78 is 8.88. The topological polar surface area (TPSA) is 17.1 Å². The van der Waals surface area contributed by atoms with Gasteiger partial charge in [-0.05, 0) is 0 Å². The molecule has 0 saturated carbocycles. The average Bonchev–Trinajstić information content (AvgIpc) is 0.918. The van der Waals surface area contributed by atoms with Crippen LogP contribution < -0.4 is 0 Å². The summed E-state index contributed by atoms with van der Waals surface area (Å²) in [5.41, 5.74) is 0. The molecule has 0 aromatic carbocycles. The predicted molar refractivity (Wildman–Crippen MR) is 22.2 cm³/mol. The number of rotatable bonds is 0. The van der Waals surface area contributed by atoms with E-state index in [4.69, 9.17) is 2.81 Å². The van der Waals surface area contributed by atoms with Crippen molar-refractivity contribution in [2.24, 2.45) is 0 Å². The second-order valence-electron chi connectivity index (χ2n) is 0.0690. The van der Waals surface area contributed by atoms with Crippen LogP contribution in [0.4, 0.5) is 0 Å². The van der Waals surface area contributed by atoms with E-state index in [1.165, 1.54) is 0 Å². The molecule has 0 aliphatic heterocycles. The van der Waals surface area contributed by atoms with Gasteiger partial charge in [0.1, 0.15) is 0 Å². The van der Waals surface area contributed by atoms with Crippen molar-refractivity contribution in [1.82, 2.24) is 0 Å². The Balaban J connectivity index is 0. The molecule has 0 radical (unpaired) electrons. The Kier molecular flexibility index (Phi) is 20.6. The molecule has 0 amide bonds. The van der Waals surface area contributed by atoms with Gasteiger partial charge in [-0.15, -0.1) is 0 Å². The Morgan fingerprint density at radius 2 is 1.75 bits per heavy atom. The van der Waals surface area contributed by atoms with Gasteiger partial charge >= 0.3 is 59.6 Å². The molecule has 0 unspecified atom stereocenters. The van der Waals surface area contributed by atoms with Crippen LogP contribution in [0.15, 0.2) is 0 Å². The predicted octanol–water partition coefficient (Wildman–Crippen LogP) is -0.994. The van der Waals surface area contributed by atoms with Crippen LogP contribution in [0.1, 0.15) is 0 Å². The van der Waals surface area contributed by atoms with Crippen LogP contribution in [0.3, 0.4) is 0 Å². The summed E-state index contributed by atoms with van der Waals surface area (Å²) in [7, 11) is 4.62. The molecule has 26 valence electrons. The van der Waals surface area contributed by atoms with Crippen molar-refractivity contribution in [3.05, 3.63) is 0 Å². The molecule has 0 atom stereocenters. The maximum absolute atomic E-state index is 8.88. The molecule has 0 spiro atoms. The third-order valence-electron chi connectivity index (χ3n) is 0. The summed E-state index contributed by atoms with van der Waals surface area (Å²) in [5, 5.41) is 0. The summed E-state index contributed by atoms with van der Waals surface area (Å²) in [6.07, 6.45) is 0. The molecule has 0 aliphatic carbocycles. The molecule has 0 aromatic rings. The molecule has 0 fully saturated rings. The first-order valence-corrected chi connectivity index (χ1v) is 6.05. The molecule has 1 nitrogen and oxygen atoms in total. The van der Waals surface area contributed by atoms with E-state index >= 15 is 0 Å². The van der Waals surface area contributed by atoms with Crippen molar-refractivity contribution >= 4 is 56.8 Å². The zero-order valence-electron chi connectivity index (χ0n) is 1.94. The van der Waals surface area contributed by atoms with E-state index in [0.29, 0.717) is 0 Å². The second-order valence-corrected chi connectivity index (χ2v) is 1.82. The third-order valence-corrected chi connectivity index (χ3v) is 0. The molecular weight excluding hydrogens is 469 g/mol. The molecule has 4 heavy (non-hydrogen) atoms. The fraction of sp³-hybridized carbons (Fsp3) is 0. The van der Waals surface area contributed by atoms with Gasteiger partial charge in [0, 0.05) is 0 Å². The van der Waals surface area contributed by atoms with Crippen molar-refractivity contribution in [2.75, 3.05) is 0 Å². The minimum atomic E-state index is -1.61. The molecule has 0 saturated heterocycles. The number of halogens is 1. The Hall–Kier alpha value is 1.86. The monoisotopic (exact) mass is 472 g/mol. The molecule has 0 aromatic heterocycles. The Labute approximate surface area is 58.8 Å². The summed E-state index contributed by atoms with van der Waals surface area (Å²) in [6.45, 7) is 0. The molecule has 0 heterocycles. The van der Waals surface area contributed by atoms with Gasteiger partial charge in [-0.1, -0.05) is 0 Å². The van der Waals surface area contributed by atoms with E-state index in [2.05, 4.69) is 8.51 Å². The molecule has 4 heteroatoms.